The van der Waals surface area contributed by atoms with Gasteiger partial charge in [-0.2, -0.15) is 9.36 Å². The number of hydrogen-bond donors (Lipinski definition) is 9. The third-order valence-corrected chi connectivity index (χ3v) is 8.42. The highest BCUT2D eigenvalue weighted by atomic mass is 32.3. The number of aliphatic carboxylic acids is 2. The van der Waals surface area contributed by atoms with E-state index in [4.69, 9.17) is 51.0 Å². The summed E-state index contributed by atoms with van der Waals surface area (Å²) in [4.78, 5) is 60.6. The molecule has 2 aliphatic heterocycles. The Bertz CT molecular complexity index is 1800. The highest BCUT2D eigenvalue weighted by molar-refractivity contribution is 8.00. The van der Waals surface area contributed by atoms with E-state index in [1.807, 2.05) is 0 Å². The second kappa shape index (κ2) is 15.9. The molecule has 49 heavy (non-hydrogen) atoms. The number of thioether (sulfide) groups is 1. The summed E-state index contributed by atoms with van der Waals surface area (Å²) in [5, 5.41) is 32.1. The lowest BCUT2D eigenvalue weighted by molar-refractivity contribution is -0.765. The molecule has 0 unspecified atom stereocenters. The van der Waals surface area contributed by atoms with Gasteiger partial charge in [0.15, 0.2) is 29.1 Å². The normalized spacial score (nSPS) is 17.3. The first kappa shape index (κ1) is 38.4. The molecule has 1 fully saturated rings. The number of carboxylic acids is 2. The molecule has 2 aromatic heterocycles. The predicted molar refractivity (Wildman–Crippen MR) is 169 cm³/mol. The molecule has 4 heterocycles. The molecule has 0 radical (unpaired) electrons. The summed E-state index contributed by atoms with van der Waals surface area (Å²) in [6.07, 6.45) is 2.18. The van der Waals surface area contributed by atoms with Crippen molar-refractivity contribution in [3.8, 4) is 0 Å². The number of β-lactam (4-membered cyclic amide) rings is 1. The van der Waals surface area contributed by atoms with Crippen LogP contribution in [0.2, 0.25) is 0 Å². The fourth-order valence-electron chi connectivity index (χ4n) is 4.46. The van der Waals surface area contributed by atoms with Gasteiger partial charge in [-0.1, -0.05) is 5.16 Å². The quantitative estimate of drug-likeness (QED) is 0.0178. The van der Waals surface area contributed by atoms with Crippen molar-refractivity contribution in [2.45, 2.75) is 24.4 Å². The Balaban J connectivity index is 0.00000121. The van der Waals surface area contributed by atoms with Crippen molar-refractivity contribution in [3.63, 3.8) is 0 Å². The minimum Gasteiger partial charge on any atom is -0.726 e. The highest BCUT2D eigenvalue weighted by Crippen LogP contribution is 2.40. The lowest BCUT2D eigenvalue weighted by Gasteiger charge is -2.49. The molecule has 0 saturated carbocycles. The summed E-state index contributed by atoms with van der Waals surface area (Å²) in [6.45, 7) is -0.0917. The largest absolute Gasteiger partial charge is 0.726 e. The van der Waals surface area contributed by atoms with Crippen LogP contribution in [0.1, 0.15) is 12.2 Å². The van der Waals surface area contributed by atoms with Gasteiger partial charge < -0.3 is 52.8 Å². The monoisotopic (exact) mass is 749 g/mol. The van der Waals surface area contributed by atoms with Crippen molar-refractivity contribution < 1.29 is 56.4 Å². The summed E-state index contributed by atoms with van der Waals surface area (Å²) in [5.41, 5.74) is 23.3. The number of fused-ring (bicyclic) bond motifs is 1. The van der Waals surface area contributed by atoms with Gasteiger partial charge in [-0.25, -0.2) is 18.0 Å². The topological polar surface area (TPSA) is 389 Å². The van der Waals surface area contributed by atoms with Gasteiger partial charge in [-0.15, -0.1) is 21.1 Å². The van der Waals surface area contributed by atoms with Gasteiger partial charge in [0.2, 0.25) is 34.7 Å². The molecule has 2 aromatic rings. The first-order valence-electron chi connectivity index (χ1n) is 13.4. The molecule has 4 rings (SSSR count). The number of guanidine groups is 1. The van der Waals surface area contributed by atoms with E-state index in [2.05, 4.69) is 24.7 Å². The number of hydrogen-bond acceptors (Lipinski definition) is 17. The zero-order valence-electron chi connectivity index (χ0n) is 25.2. The molecule has 2 aliphatic rings. The van der Waals surface area contributed by atoms with Crippen LogP contribution in [-0.2, 0) is 48.0 Å². The van der Waals surface area contributed by atoms with Crippen LogP contribution in [0.4, 0.5) is 16.6 Å². The van der Waals surface area contributed by atoms with Gasteiger partial charge in [-0.05, 0) is 13.0 Å². The summed E-state index contributed by atoms with van der Waals surface area (Å²) in [7, 11) is -3.26. The lowest BCUT2D eigenvalue weighted by Crippen LogP contribution is -2.71. The minimum absolute atomic E-state index is 0.00534. The Morgan fingerprint density at radius 2 is 1.98 bits per heavy atom. The number of carbonyl (C=O) groups is 4. The number of aromatic nitrogens is 4. The molecule has 24 nitrogen and oxygen atoms in total. The number of nitrogens with two attached hydrogens (primary N) is 4. The number of anilines is 3. The molecular formula is C22H31N13O11S3. The zero-order chi connectivity index (χ0) is 36.8. The van der Waals surface area contributed by atoms with Crippen molar-refractivity contribution in [3.05, 3.63) is 23.3 Å². The maximum Gasteiger partial charge on any atom is 0.352 e. The highest BCUT2D eigenvalue weighted by Gasteiger charge is 2.55. The van der Waals surface area contributed by atoms with Crippen molar-refractivity contribution in [1.82, 2.24) is 24.3 Å². The molecule has 0 aromatic carbocycles. The Labute approximate surface area is 284 Å². The fraction of sp³-hybridized carbons (Fsp3) is 0.409. The molecule has 27 heteroatoms. The van der Waals surface area contributed by atoms with E-state index in [-0.39, 0.29) is 40.7 Å². The maximum absolute atomic E-state index is 13.2. The predicted octanol–water partition coefficient (Wildman–Crippen LogP) is -4.37. The average molecular weight is 750 g/mol. The molecule has 2 atom stereocenters. The molecule has 0 bridgehead atoms. The van der Waals surface area contributed by atoms with Crippen LogP contribution in [0.5, 0.6) is 0 Å². The van der Waals surface area contributed by atoms with E-state index in [1.54, 1.807) is 22.6 Å². The van der Waals surface area contributed by atoms with Crippen LogP contribution in [0.15, 0.2) is 22.6 Å². The van der Waals surface area contributed by atoms with Gasteiger partial charge in [-0.3, -0.25) is 24.5 Å². The first-order chi connectivity index (χ1) is 22.8. The Hall–Kier alpha value is -5.09. The summed E-state index contributed by atoms with van der Waals surface area (Å²) in [5.74, 6) is -4.35. The minimum atomic E-state index is -4.92. The SMILES string of the molecule is Cn1c(N)c(N(CCCN)C(=N)N)c[n+]1CC1=C(C(=O)O)N2C(=O)[C@@H](NC(=O)/C(=N\OCC(=O)O)c3nsc(N)n3)[C@H]2SC1.O=S(=O)([O-])O. The number of nitrogens with one attached hydrogen (secondary N) is 2. The fourth-order valence-corrected chi connectivity index (χ4v) is 6.22. The van der Waals surface area contributed by atoms with E-state index in [0.717, 1.165) is 16.4 Å². The standard InChI is InChI=1S/C22H29N13O7S2.H2O4S/c1-32-15(24)10(34(21(25)26)4-2-3-23)6-33(32)5-9-8-43-19-13(18(39)35(19)14(9)20(40)41)28-17(38)12(30-42-7-11(36)37)16-29-22(27)44-31-16;1-5(2,3)4/h6,13,19,24H,2-5,7-8,23H2,1H3,(H8,25,26,27,28,29,31,36,37,38,40,41);(H2,1,2,3,4)/b30-12-;/t13-,19-;/m1./s1. The first-order valence-corrected chi connectivity index (χ1v) is 16.6. The summed E-state index contributed by atoms with van der Waals surface area (Å²) < 4.78 is 39.9. The van der Waals surface area contributed by atoms with E-state index < -0.39 is 57.9 Å². The number of rotatable bonds is 13. The molecule has 0 aliphatic carbocycles. The molecular weight excluding hydrogens is 719 g/mol. The molecule has 0 spiro atoms. The Kier molecular flexibility index (Phi) is 12.4. The van der Waals surface area contributed by atoms with E-state index in [9.17, 15) is 24.3 Å². The summed E-state index contributed by atoms with van der Waals surface area (Å²) in [6, 6.07) is -1.14. The van der Waals surface area contributed by atoms with Crippen molar-refractivity contribution in [2.75, 3.05) is 41.8 Å². The maximum atomic E-state index is 13.2. The van der Waals surface area contributed by atoms with Crippen LogP contribution in [0, 0.1) is 5.41 Å². The van der Waals surface area contributed by atoms with Crippen molar-refractivity contribution >= 4 is 85.8 Å². The van der Waals surface area contributed by atoms with Crippen LogP contribution < -0.4 is 37.8 Å². The van der Waals surface area contributed by atoms with Crippen LogP contribution in [-0.4, -0.2) is 119 Å². The third kappa shape index (κ3) is 9.51. The number of carboxylic acid groups (broad SMARTS) is 2. The van der Waals surface area contributed by atoms with Gasteiger partial charge in [0.1, 0.15) is 17.1 Å². The zero-order valence-corrected chi connectivity index (χ0v) is 27.7. The van der Waals surface area contributed by atoms with Crippen LogP contribution in [0.3, 0.4) is 0 Å². The number of carbonyl (C=O) groups excluding carboxylic acids is 2. The Morgan fingerprint density at radius 3 is 2.51 bits per heavy atom. The van der Waals surface area contributed by atoms with Crippen molar-refractivity contribution in [2.24, 2.45) is 23.7 Å². The lowest BCUT2D eigenvalue weighted by atomic mass is 10.0. The van der Waals surface area contributed by atoms with E-state index >= 15 is 0 Å². The third-order valence-electron chi connectivity index (χ3n) is 6.54. The number of oxime groups is 1. The molecule has 1 saturated heterocycles. The van der Waals surface area contributed by atoms with Gasteiger partial charge >= 0.3 is 11.9 Å². The molecule has 13 N–H and O–H groups in total. The Morgan fingerprint density at radius 1 is 1.33 bits per heavy atom. The van der Waals surface area contributed by atoms with Crippen molar-refractivity contribution in [1.29, 1.82) is 5.41 Å². The van der Waals surface area contributed by atoms with Gasteiger partial charge in [0, 0.05) is 29.4 Å². The van der Waals surface area contributed by atoms with E-state index in [1.165, 1.54) is 16.7 Å². The number of amides is 2. The average Bonchev–Trinajstić information content (AvgIpc) is 3.54. The number of nitrogens with zero attached hydrogens (tertiary/aromatic N) is 7. The second-order valence-corrected chi connectivity index (χ2v) is 12.6. The molecule has 2 amide bonds. The second-order valence-electron chi connectivity index (χ2n) is 9.81. The van der Waals surface area contributed by atoms with Crippen LogP contribution in [0.25, 0.3) is 0 Å². The number of nitrogen functional groups attached to an aromatic ring is 2. The van der Waals surface area contributed by atoms with Gasteiger partial charge in [0.25, 0.3) is 11.8 Å². The summed E-state index contributed by atoms with van der Waals surface area (Å²) >= 11 is 1.99. The van der Waals surface area contributed by atoms with E-state index in [0.29, 0.717) is 30.8 Å². The molecule has 268 valence electrons. The van der Waals surface area contributed by atoms with Gasteiger partial charge in [0.05, 0.1) is 7.05 Å². The smallest absolute Gasteiger partial charge is 0.352 e. The van der Waals surface area contributed by atoms with Crippen LogP contribution >= 0.6 is 23.3 Å².